The fourth-order valence-corrected chi connectivity index (χ4v) is 1.81. The van der Waals surface area contributed by atoms with Crippen LogP contribution in [0, 0.1) is 5.82 Å². The molecule has 0 aliphatic heterocycles. The average molecular weight is 319 g/mol. The van der Waals surface area contributed by atoms with Crippen LogP contribution in [0.5, 0.6) is 0 Å². The molecule has 8 nitrogen and oxygen atoms in total. The van der Waals surface area contributed by atoms with E-state index in [0.29, 0.717) is 0 Å². The number of hydrogen-bond acceptors (Lipinski definition) is 4. The predicted molar refractivity (Wildman–Crippen MR) is 73.2 cm³/mol. The Bertz CT molecular complexity index is 647. The Morgan fingerprint density at radius 3 is 2.52 bits per heavy atom. The minimum absolute atomic E-state index is 0.0147. The lowest BCUT2D eigenvalue weighted by Gasteiger charge is -2.09. The van der Waals surface area contributed by atoms with E-state index in [-0.39, 0.29) is 24.3 Å². The predicted octanol–water partition coefficient (Wildman–Crippen LogP) is 0.195. The lowest BCUT2D eigenvalue weighted by atomic mass is 10.2. The number of benzene rings is 1. The molecule has 1 aromatic carbocycles. The first-order valence-electron chi connectivity index (χ1n) is 5.71. The van der Waals surface area contributed by atoms with Crippen molar-refractivity contribution in [2.24, 2.45) is 0 Å². The first-order chi connectivity index (χ1) is 9.69. The van der Waals surface area contributed by atoms with Crippen molar-refractivity contribution in [3.63, 3.8) is 0 Å². The molecule has 0 aliphatic carbocycles. The zero-order valence-corrected chi connectivity index (χ0v) is 11.8. The largest absolute Gasteiger partial charge is 0.478 e. The molecule has 0 aromatic heterocycles. The molecule has 2 amide bonds. The zero-order valence-electron chi connectivity index (χ0n) is 11.0. The van der Waals surface area contributed by atoms with Crippen molar-refractivity contribution in [3.8, 4) is 0 Å². The lowest BCUT2D eigenvalue weighted by molar-refractivity contribution is 0.0697. The second-order valence-electron chi connectivity index (χ2n) is 4.05. The molecule has 0 heterocycles. The van der Waals surface area contributed by atoms with Crippen LogP contribution in [0.2, 0.25) is 0 Å². The summed E-state index contributed by atoms with van der Waals surface area (Å²) in [5.74, 6) is -2.04. The highest BCUT2D eigenvalue weighted by Gasteiger charge is 2.11. The summed E-state index contributed by atoms with van der Waals surface area (Å²) < 4.78 is 37.1. The van der Waals surface area contributed by atoms with Crippen LogP contribution in [0.4, 0.5) is 14.9 Å². The van der Waals surface area contributed by atoms with Crippen molar-refractivity contribution in [2.45, 2.75) is 0 Å². The SMILES string of the molecule is CS(=O)(=O)NCCNC(=O)Nc1cc(C(=O)O)ccc1F. The lowest BCUT2D eigenvalue weighted by Crippen LogP contribution is -2.36. The van der Waals surface area contributed by atoms with Crippen LogP contribution in [0.15, 0.2) is 18.2 Å². The van der Waals surface area contributed by atoms with Crippen LogP contribution in [0.1, 0.15) is 10.4 Å². The van der Waals surface area contributed by atoms with Crippen LogP contribution < -0.4 is 15.4 Å². The van der Waals surface area contributed by atoms with Gasteiger partial charge >= 0.3 is 12.0 Å². The molecule has 0 spiro atoms. The molecule has 21 heavy (non-hydrogen) atoms. The van der Waals surface area contributed by atoms with E-state index in [2.05, 4.69) is 15.4 Å². The van der Waals surface area contributed by atoms with Crippen molar-refractivity contribution < 1.29 is 27.5 Å². The van der Waals surface area contributed by atoms with Crippen molar-refractivity contribution >= 4 is 27.7 Å². The highest BCUT2D eigenvalue weighted by atomic mass is 32.2. The molecule has 1 rings (SSSR count). The van der Waals surface area contributed by atoms with Gasteiger partial charge in [-0.15, -0.1) is 0 Å². The van der Waals surface area contributed by atoms with Crippen molar-refractivity contribution in [1.82, 2.24) is 10.0 Å². The van der Waals surface area contributed by atoms with E-state index in [1.807, 2.05) is 0 Å². The second kappa shape index (κ2) is 6.99. The number of nitrogens with one attached hydrogen (secondary N) is 3. The number of carboxylic acids is 1. The second-order valence-corrected chi connectivity index (χ2v) is 5.88. The monoisotopic (exact) mass is 319 g/mol. The first-order valence-corrected chi connectivity index (χ1v) is 7.60. The van der Waals surface area contributed by atoms with Gasteiger partial charge in [-0.3, -0.25) is 0 Å². The molecule has 0 bridgehead atoms. The quantitative estimate of drug-likeness (QED) is 0.557. The molecule has 0 aliphatic rings. The number of anilines is 1. The third kappa shape index (κ3) is 6.19. The molecule has 4 N–H and O–H groups in total. The van der Waals surface area contributed by atoms with E-state index in [9.17, 15) is 22.4 Å². The van der Waals surface area contributed by atoms with Crippen LogP contribution in [-0.2, 0) is 10.0 Å². The number of aromatic carboxylic acids is 1. The van der Waals surface area contributed by atoms with Crippen molar-refractivity contribution in [1.29, 1.82) is 0 Å². The van der Waals surface area contributed by atoms with Gasteiger partial charge in [0.1, 0.15) is 5.82 Å². The molecule has 0 saturated carbocycles. The number of urea groups is 1. The highest BCUT2D eigenvalue weighted by molar-refractivity contribution is 7.88. The Balaban J connectivity index is 2.55. The summed E-state index contributed by atoms with van der Waals surface area (Å²) in [6.45, 7) is -0.0386. The number of hydrogen-bond donors (Lipinski definition) is 4. The third-order valence-corrected chi connectivity index (χ3v) is 2.96. The van der Waals surface area contributed by atoms with Gasteiger partial charge in [0.15, 0.2) is 0 Å². The molecule has 0 atom stereocenters. The maximum Gasteiger partial charge on any atom is 0.335 e. The van der Waals surface area contributed by atoms with Crippen molar-refractivity contribution in [2.75, 3.05) is 24.7 Å². The van der Waals surface area contributed by atoms with E-state index in [4.69, 9.17) is 5.11 Å². The van der Waals surface area contributed by atoms with Gasteiger partial charge in [-0.2, -0.15) is 0 Å². The van der Waals surface area contributed by atoms with Gasteiger partial charge in [0.2, 0.25) is 10.0 Å². The number of carbonyl (C=O) groups excluding carboxylic acids is 1. The number of sulfonamides is 1. The molecular formula is C11H14FN3O5S. The first kappa shape index (κ1) is 16.9. The van der Waals surface area contributed by atoms with Gasteiger partial charge in [-0.05, 0) is 18.2 Å². The Labute approximate surface area is 120 Å². The molecule has 0 radical (unpaired) electrons. The summed E-state index contributed by atoms with van der Waals surface area (Å²) in [6.07, 6.45) is 0.972. The van der Waals surface area contributed by atoms with Gasteiger partial charge < -0.3 is 15.7 Å². The van der Waals surface area contributed by atoms with Crippen LogP contribution in [0.25, 0.3) is 0 Å². The zero-order chi connectivity index (χ0) is 16.0. The number of halogens is 1. The highest BCUT2D eigenvalue weighted by Crippen LogP contribution is 2.16. The summed E-state index contributed by atoms with van der Waals surface area (Å²) in [4.78, 5) is 22.2. The van der Waals surface area contributed by atoms with E-state index in [1.165, 1.54) is 0 Å². The fraction of sp³-hybridized carbons (Fsp3) is 0.273. The Kier molecular flexibility index (Phi) is 5.61. The summed E-state index contributed by atoms with van der Waals surface area (Å²) in [7, 11) is -3.35. The fourth-order valence-electron chi connectivity index (χ4n) is 1.33. The van der Waals surface area contributed by atoms with Gasteiger partial charge in [-0.25, -0.2) is 27.1 Å². The molecular weight excluding hydrogens is 305 g/mol. The normalized spacial score (nSPS) is 11.0. The number of carboxylic acid groups (broad SMARTS) is 1. The maximum absolute atomic E-state index is 13.4. The smallest absolute Gasteiger partial charge is 0.335 e. The molecule has 10 heteroatoms. The van der Waals surface area contributed by atoms with Crippen molar-refractivity contribution in [3.05, 3.63) is 29.6 Å². The van der Waals surface area contributed by atoms with Crippen LogP contribution in [0.3, 0.4) is 0 Å². The van der Waals surface area contributed by atoms with E-state index >= 15 is 0 Å². The van der Waals surface area contributed by atoms with E-state index < -0.39 is 27.8 Å². The average Bonchev–Trinajstić information content (AvgIpc) is 2.36. The van der Waals surface area contributed by atoms with E-state index in [1.54, 1.807) is 0 Å². The van der Waals surface area contributed by atoms with Gasteiger partial charge in [0.25, 0.3) is 0 Å². The van der Waals surface area contributed by atoms with Crippen LogP contribution in [-0.4, -0.2) is 44.9 Å². The number of carbonyl (C=O) groups is 2. The van der Waals surface area contributed by atoms with Gasteiger partial charge in [-0.1, -0.05) is 0 Å². The summed E-state index contributed by atoms with van der Waals surface area (Å²) >= 11 is 0. The van der Waals surface area contributed by atoms with Gasteiger partial charge in [0, 0.05) is 13.1 Å². The topological polar surface area (TPSA) is 125 Å². The van der Waals surface area contributed by atoms with Gasteiger partial charge in [0.05, 0.1) is 17.5 Å². The molecule has 0 unspecified atom stereocenters. The molecule has 0 fully saturated rings. The molecule has 1 aromatic rings. The summed E-state index contributed by atoms with van der Waals surface area (Å²) in [5, 5.41) is 13.2. The Morgan fingerprint density at radius 1 is 1.29 bits per heavy atom. The summed E-state index contributed by atoms with van der Waals surface area (Å²) in [5.41, 5.74) is -0.464. The Hall–Kier alpha value is -2.20. The molecule has 0 saturated heterocycles. The number of amides is 2. The van der Waals surface area contributed by atoms with E-state index in [0.717, 1.165) is 24.5 Å². The third-order valence-electron chi connectivity index (χ3n) is 2.24. The Morgan fingerprint density at radius 2 is 1.95 bits per heavy atom. The minimum Gasteiger partial charge on any atom is -0.478 e. The molecule has 116 valence electrons. The van der Waals surface area contributed by atoms with Crippen LogP contribution >= 0.6 is 0 Å². The summed E-state index contributed by atoms with van der Waals surface area (Å²) in [6, 6.07) is 2.18. The standard InChI is InChI=1S/C11H14FN3O5S/c1-21(19,20)14-5-4-13-11(18)15-9-6-7(10(16)17)2-3-8(9)12/h2-3,6,14H,4-5H2,1H3,(H,16,17)(H2,13,15,18). The minimum atomic E-state index is -3.35. The maximum atomic E-state index is 13.4. The number of rotatable bonds is 6.